The molecule has 4 nitrogen and oxygen atoms in total. The van der Waals surface area contributed by atoms with Gasteiger partial charge in [-0.2, -0.15) is 5.10 Å². The number of aryl methyl sites for hydroxylation is 2. The van der Waals surface area contributed by atoms with Gasteiger partial charge in [-0.15, -0.1) is 0 Å². The number of benzene rings is 3. The van der Waals surface area contributed by atoms with Gasteiger partial charge in [-0.1, -0.05) is 47.5 Å². The summed E-state index contributed by atoms with van der Waals surface area (Å²) < 4.78 is 11.7. The number of hydrazone groups is 1. The lowest BCUT2D eigenvalue weighted by atomic mass is 10.2. The molecule has 0 unspecified atom stereocenters. The highest BCUT2D eigenvalue weighted by molar-refractivity contribution is 6.31. The van der Waals surface area contributed by atoms with Crippen LogP contribution < -0.4 is 14.9 Å². The zero-order valence-electron chi connectivity index (χ0n) is 16.9. The average molecular weight is 409 g/mol. The minimum Gasteiger partial charge on any atom is -0.490 e. The lowest BCUT2D eigenvalue weighted by Crippen LogP contribution is -2.00. The molecule has 1 N–H and O–H groups in total. The van der Waals surface area contributed by atoms with E-state index in [1.165, 1.54) is 5.56 Å². The Morgan fingerprint density at radius 3 is 2.45 bits per heavy atom. The molecule has 3 aromatic rings. The molecule has 0 spiro atoms. The number of ether oxygens (including phenoxy) is 2. The molecule has 150 valence electrons. The maximum Gasteiger partial charge on any atom is 0.161 e. The third-order valence-electron chi connectivity index (χ3n) is 4.36. The molecule has 0 aliphatic heterocycles. The van der Waals surface area contributed by atoms with Crippen molar-refractivity contribution in [3.63, 3.8) is 0 Å². The third-order valence-corrected chi connectivity index (χ3v) is 4.77. The lowest BCUT2D eigenvalue weighted by molar-refractivity contribution is 0.269. The van der Waals surface area contributed by atoms with Gasteiger partial charge in [0.1, 0.15) is 6.61 Å². The smallest absolute Gasteiger partial charge is 0.161 e. The summed E-state index contributed by atoms with van der Waals surface area (Å²) in [6.45, 7) is 7.03. The van der Waals surface area contributed by atoms with Crippen LogP contribution in [0.25, 0.3) is 0 Å². The normalized spacial score (nSPS) is 10.9. The Labute approximate surface area is 177 Å². The molecule has 0 aliphatic rings. The van der Waals surface area contributed by atoms with Crippen LogP contribution >= 0.6 is 11.6 Å². The lowest BCUT2D eigenvalue weighted by Gasteiger charge is -2.13. The molecule has 0 saturated carbocycles. The fourth-order valence-electron chi connectivity index (χ4n) is 2.68. The van der Waals surface area contributed by atoms with E-state index in [1.54, 1.807) is 6.21 Å². The molecule has 0 aliphatic carbocycles. The van der Waals surface area contributed by atoms with Crippen LogP contribution in [0.5, 0.6) is 11.5 Å². The van der Waals surface area contributed by atoms with E-state index >= 15 is 0 Å². The van der Waals surface area contributed by atoms with Crippen molar-refractivity contribution in [3.8, 4) is 11.5 Å². The highest BCUT2D eigenvalue weighted by Crippen LogP contribution is 2.29. The van der Waals surface area contributed by atoms with E-state index < -0.39 is 0 Å². The zero-order chi connectivity index (χ0) is 20.6. The second kappa shape index (κ2) is 9.99. The monoisotopic (exact) mass is 408 g/mol. The van der Waals surface area contributed by atoms with E-state index in [0.717, 1.165) is 22.4 Å². The van der Waals surface area contributed by atoms with E-state index in [4.69, 9.17) is 21.1 Å². The summed E-state index contributed by atoms with van der Waals surface area (Å²) in [5, 5.41) is 4.99. The summed E-state index contributed by atoms with van der Waals surface area (Å²) >= 11 is 6.14. The standard InChI is InChI=1S/C24H25ClN2O2/c1-4-28-24-13-20(15-26-27-21-11-7-18(3)22(25)14-21)10-12-23(24)29-16-19-8-5-17(2)6-9-19/h5-15,27H,4,16H2,1-3H3/b26-15+. The van der Waals surface area contributed by atoms with Gasteiger partial charge < -0.3 is 9.47 Å². The highest BCUT2D eigenvalue weighted by atomic mass is 35.5. The number of rotatable bonds is 8. The Morgan fingerprint density at radius 1 is 0.931 bits per heavy atom. The zero-order valence-corrected chi connectivity index (χ0v) is 17.7. The van der Waals surface area contributed by atoms with Crippen LogP contribution in [-0.4, -0.2) is 12.8 Å². The minimum absolute atomic E-state index is 0.490. The van der Waals surface area contributed by atoms with Crippen LogP contribution in [0, 0.1) is 13.8 Å². The predicted octanol–water partition coefficient (Wildman–Crippen LogP) is 6.38. The van der Waals surface area contributed by atoms with Crippen LogP contribution in [-0.2, 0) is 6.61 Å². The van der Waals surface area contributed by atoms with E-state index in [0.29, 0.717) is 29.7 Å². The maximum atomic E-state index is 6.14. The molecule has 29 heavy (non-hydrogen) atoms. The Hall–Kier alpha value is -2.98. The Morgan fingerprint density at radius 2 is 1.72 bits per heavy atom. The van der Waals surface area contributed by atoms with Crippen molar-refractivity contribution in [1.82, 2.24) is 0 Å². The SMILES string of the molecule is CCOc1cc(/C=N/Nc2ccc(C)c(Cl)c2)ccc1OCc1ccc(C)cc1. The number of anilines is 1. The van der Waals surface area contributed by atoms with Gasteiger partial charge in [-0.3, -0.25) is 5.43 Å². The van der Waals surface area contributed by atoms with Crippen molar-refractivity contribution in [3.05, 3.63) is 87.9 Å². The molecular formula is C24H25ClN2O2. The Kier molecular flexibility index (Phi) is 7.14. The van der Waals surface area contributed by atoms with Gasteiger partial charge in [0.25, 0.3) is 0 Å². The van der Waals surface area contributed by atoms with Crippen molar-refractivity contribution < 1.29 is 9.47 Å². The fourth-order valence-corrected chi connectivity index (χ4v) is 2.86. The number of hydrogen-bond donors (Lipinski definition) is 1. The van der Waals surface area contributed by atoms with Gasteiger partial charge in [0, 0.05) is 5.02 Å². The van der Waals surface area contributed by atoms with Crippen molar-refractivity contribution in [2.45, 2.75) is 27.4 Å². The molecule has 0 saturated heterocycles. The van der Waals surface area contributed by atoms with E-state index in [1.807, 2.05) is 50.2 Å². The fraction of sp³-hybridized carbons (Fsp3) is 0.208. The van der Waals surface area contributed by atoms with E-state index in [2.05, 4.69) is 41.7 Å². The van der Waals surface area contributed by atoms with Crippen molar-refractivity contribution in [2.24, 2.45) is 5.10 Å². The van der Waals surface area contributed by atoms with Crippen LogP contribution in [0.4, 0.5) is 5.69 Å². The summed E-state index contributed by atoms with van der Waals surface area (Å²) in [7, 11) is 0. The first-order valence-electron chi connectivity index (χ1n) is 9.55. The maximum absolute atomic E-state index is 6.14. The van der Waals surface area contributed by atoms with Gasteiger partial charge in [-0.25, -0.2) is 0 Å². The van der Waals surface area contributed by atoms with Crippen LogP contribution in [0.1, 0.15) is 29.2 Å². The predicted molar refractivity (Wildman–Crippen MR) is 121 cm³/mol. The molecule has 0 fully saturated rings. The molecular weight excluding hydrogens is 384 g/mol. The van der Waals surface area contributed by atoms with Gasteiger partial charge in [0.2, 0.25) is 0 Å². The number of nitrogens with one attached hydrogen (secondary N) is 1. The van der Waals surface area contributed by atoms with Crippen molar-refractivity contribution in [2.75, 3.05) is 12.0 Å². The van der Waals surface area contributed by atoms with Crippen LogP contribution in [0.2, 0.25) is 5.02 Å². The second-order valence-electron chi connectivity index (χ2n) is 6.75. The average Bonchev–Trinajstić information content (AvgIpc) is 2.71. The summed E-state index contributed by atoms with van der Waals surface area (Å²) in [6.07, 6.45) is 1.74. The first-order chi connectivity index (χ1) is 14.0. The highest BCUT2D eigenvalue weighted by Gasteiger charge is 2.07. The summed E-state index contributed by atoms with van der Waals surface area (Å²) in [4.78, 5) is 0. The van der Waals surface area contributed by atoms with Gasteiger partial charge in [0.05, 0.1) is 18.5 Å². The number of nitrogens with zero attached hydrogens (tertiary/aromatic N) is 1. The summed E-state index contributed by atoms with van der Waals surface area (Å²) in [5.41, 5.74) is 8.11. The van der Waals surface area contributed by atoms with Crippen molar-refractivity contribution in [1.29, 1.82) is 0 Å². The number of hydrogen-bond acceptors (Lipinski definition) is 4. The quantitative estimate of drug-likeness (QED) is 0.347. The summed E-state index contributed by atoms with van der Waals surface area (Å²) in [5.74, 6) is 1.41. The molecule has 0 bridgehead atoms. The van der Waals surface area contributed by atoms with E-state index in [-0.39, 0.29) is 0 Å². The summed E-state index contributed by atoms with van der Waals surface area (Å²) in [6, 6.07) is 19.8. The Balaban J connectivity index is 1.67. The third kappa shape index (κ3) is 6.00. The molecule has 5 heteroatoms. The molecule has 0 atom stereocenters. The van der Waals surface area contributed by atoms with Gasteiger partial charge in [-0.05, 0) is 67.8 Å². The first kappa shape index (κ1) is 20.7. The van der Waals surface area contributed by atoms with Crippen LogP contribution in [0.3, 0.4) is 0 Å². The minimum atomic E-state index is 0.490. The van der Waals surface area contributed by atoms with Gasteiger partial charge >= 0.3 is 0 Å². The molecule has 3 aromatic carbocycles. The van der Waals surface area contributed by atoms with Crippen molar-refractivity contribution >= 4 is 23.5 Å². The molecule has 0 aromatic heterocycles. The molecule has 0 heterocycles. The molecule has 3 rings (SSSR count). The van der Waals surface area contributed by atoms with Gasteiger partial charge in [0.15, 0.2) is 11.5 Å². The second-order valence-corrected chi connectivity index (χ2v) is 7.15. The largest absolute Gasteiger partial charge is 0.490 e. The molecule has 0 radical (unpaired) electrons. The topological polar surface area (TPSA) is 42.8 Å². The first-order valence-corrected chi connectivity index (χ1v) is 9.93. The number of halogens is 1. The Bertz CT molecular complexity index is 985. The van der Waals surface area contributed by atoms with Crippen LogP contribution in [0.15, 0.2) is 65.8 Å². The van der Waals surface area contributed by atoms with E-state index in [9.17, 15) is 0 Å². The molecule has 0 amide bonds.